The van der Waals surface area contributed by atoms with Gasteiger partial charge in [0.05, 0.1) is 16.7 Å². The molecule has 5 nitrogen and oxygen atoms in total. The number of halogens is 1. The molecule has 1 amide bonds. The number of carbonyl (C=O) groups is 2. The highest BCUT2D eigenvalue weighted by molar-refractivity contribution is 9.10. The number of nitrogens with zero attached hydrogens (tertiary/aromatic N) is 1. The van der Waals surface area contributed by atoms with Gasteiger partial charge in [0.2, 0.25) is 0 Å². The van der Waals surface area contributed by atoms with Crippen molar-refractivity contribution in [2.24, 2.45) is 11.1 Å². The van der Waals surface area contributed by atoms with Crippen molar-refractivity contribution in [3.8, 4) is 0 Å². The molecule has 6 heteroatoms. The number of aliphatic carboxylic acids is 1. The van der Waals surface area contributed by atoms with Crippen molar-refractivity contribution in [2.45, 2.75) is 19.8 Å². The van der Waals surface area contributed by atoms with Gasteiger partial charge in [0.1, 0.15) is 0 Å². The number of hydrogen-bond donors (Lipinski definition) is 2. The molecule has 0 radical (unpaired) electrons. The number of carboxylic acids is 1. The van der Waals surface area contributed by atoms with Gasteiger partial charge in [-0.05, 0) is 47.8 Å². The Bertz CT molecular complexity index is 561. The predicted octanol–water partition coefficient (Wildman–Crippen LogP) is 2.24. The number of nitrogens with two attached hydrogens (primary N) is 1. The quantitative estimate of drug-likeness (QED) is 0.883. The number of hydrogen-bond acceptors (Lipinski definition) is 3. The third kappa shape index (κ3) is 2.65. The SMILES string of the molecule is CC1(C(=O)O)CCCN(c2cccc(Br)c2C(N)=O)C1. The van der Waals surface area contributed by atoms with E-state index in [2.05, 4.69) is 15.9 Å². The van der Waals surface area contributed by atoms with Gasteiger partial charge in [-0.25, -0.2) is 0 Å². The van der Waals surface area contributed by atoms with Gasteiger partial charge in [0.25, 0.3) is 5.91 Å². The molecule has 1 aromatic carbocycles. The fourth-order valence-electron chi connectivity index (χ4n) is 2.64. The molecule has 0 bridgehead atoms. The fourth-order valence-corrected chi connectivity index (χ4v) is 3.19. The summed E-state index contributed by atoms with van der Waals surface area (Å²) in [5, 5.41) is 9.37. The standard InChI is InChI=1S/C14H17BrN2O3/c1-14(13(19)20)6-3-7-17(8-14)10-5-2-4-9(15)11(10)12(16)18/h2,4-5H,3,6-8H2,1H3,(H2,16,18)(H,19,20). The van der Waals surface area contributed by atoms with E-state index in [1.165, 1.54) is 0 Å². The molecular weight excluding hydrogens is 324 g/mol. The van der Waals surface area contributed by atoms with E-state index >= 15 is 0 Å². The van der Waals surface area contributed by atoms with Crippen LogP contribution in [0.3, 0.4) is 0 Å². The molecule has 0 spiro atoms. The molecule has 0 aromatic heterocycles. The van der Waals surface area contributed by atoms with Gasteiger partial charge in [0.15, 0.2) is 0 Å². The van der Waals surface area contributed by atoms with E-state index in [1.54, 1.807) is 19.1 Å². The highest BCUT2D eigenvalue weighted by Crippen LogP contribution is 2.35. The predicted molar refractivity (Wildman–Crippen MR) is 79.8 cm³/mol. The van der Waals surface area contributed by atoms with Crippen LogP contribution in [0.1, 0.15) is 30.1 Å². The fraction of sp³-hybridized carbons (Fsp3) is 0.429. The van der Waals surface area contributed by atoms with Gasteiger partial charge in [-0.15, -0.1) is 0 Å². The van der Waals surface area contributed by atoms with E-state index in [0.29, 0.717) is 28.7 Å². The molecule has 0 aliphatic carbocycles. The van der Waals surface area contributed by atoms with Crippen LogP contribution in [-0.2, 0) is 4.79 Å². The Balaban J connectivity index is 2.40. The number of amides is 1. The average Bonchev–Trinajstić information content (AvgIpc) is 2.37. The second-order valence-corrected chi connectivity index (χ2v) is 6.24. The maximum Gasteiger partial charge on any atom is 0.311 e. The molecular formula is C14H17BrN2O3. The van der Waals surface area contributed by atoms with Gasteiger partial charge in [-0.3, -0.25) is 9.59 Å². The summed E-state index contributed by atoms with van der Waals surface area (Å²) in [7, 11) is 0. The van der Waals surface area contributed by atoms with Crippen LogP contribution in [-0.4, -0.2) is 30.1 Å². The normalized spacial score (nSPS) is 22.6. The minimum absolute atomic E-state index is 0.374. The van der Waals surface area contributed by atoms with Gasteiger partial charge in [0, 0.05) is 17.6 Å². The van der Waals surface area contributed by atoms with E-state index in [1.807, 2.05) is 11.0 Å². The minimum atomic E-state index is -0.808. The van der Waals surface area contributed by atoms with E-state index in [4.69, 9.17) is 5.73 Å². The lowest BCUT2D eigenvalue weighted by molar-refractivity contribution is -0.148. The monoisotopic (exact) mass is 340 g/mol. The second-order valence-electron chi connectivity index (χ2n) is 5.39. The topological polar surface area (TPSA) is 83.6 Å². The zero-order valence-corrected chi connectivity index (χ0v) is 12.8. The Hall–Kier alpha value is -1.56. The Morgan fingerprint density at radius 3 is 2.75 bits per heavy atom. The summed E-state index contributed by atoms with van der Waals surface area (Å²) in [5.74, 6) is -1.33. The summed E-state index contributed by atoms with van der Waals surface area (Å²) < 4.78 is 0.630. The van der Waals surface area contributed by atoms with Crippen LogP contribution < -0.4 is 10.6 Å². The highest BCUT2D eigenvalue weighted by Gasteiger charge is 2.38. The highest BCUT2D eigenvalue weighted by atomic mass is 79.9. The maximum absolute atomic E-state index is 11.6. The van der Waals surface area contributed by atoms with Crippen molar-refractivity contribution < 1.29 is 14.7 Å². The first-order chi connectivity index (χ1) is 9.35. The van der Waals surface area contributed by atoms with E-state index in [0.717, 1.165) is 13.0 Å². The lowest BCUT2D eigenvalue weighted by Crippen LogP contribution is -2.46. The first-order valence-corrected chi connectivity index (χ1v) is 7.21. The van der Waals surface area contributed by atoms with Crippen LogP contribution in [0.4, 0.5) is 5.69 Å². The van der Waals surface area contributed by atoms with Gasteiger partial charge >= 0.3 is 5.97 Å². The summed E-state index contributed by atoms with van der Waals surface area (Å²) in [6.07, 6.45) is 1.41. The third-order valence-corrected chi connectivity index (χ3v) is 4.45. The molecule has 3 N–H and O–H groups in total. The van der Waals surface area contributed by atoms with Crippen LogP contribution in [0.25, 0.3) is 0 Å². The van der Waals surface area contributed by atoms with E-state index in [-0.39, 0.29) is 0 Å². The number of piperidine rings is 1. The summed E-state index contributed by atoms with van der Waals surface area (Å²) in [6.45, 7) is 2.84. The van der Waals surface area contributed by atoms with Crippen molar-refractivity contribution in [2.75, 3.05) is 18.0 Å². The van der Waals surface area contributed by atoms with Crippen LogP contribution in [0.5, 0.6) is 0 Å². The summed E-state index contributed by atoms with van der Waals surface area (Å²) in [4.78, 5) is 25.0. The smallest absolute Gasteiger partial charge is 0.311 e. The third-order valence-electron chi connectivity index (χ3n) is 3.79. The summed E-state index contributed by atoms with van der Waals surface area (Å²) >= 11 is 3.33. The van der Waals surface area contributed by atoms with Crippen LogP contribution in [0.2, 0.25) is 0 Å². The Morgan fingerprint density at radius 1 is 1.45 bits per heavy atom. The lowest BCUT2D eigenvalue weighted by Gasteiger charge is -2.39. The summed E-state index contributed by atoms with van der Waals surface area (Å²) in [5.41, 5.74) is 5.74. The average molecular weight is 341 g/mol. The molecule has 108 valence electrons. The molecule has 1 aliphatic heterocycles. The van der Waals surface area contributed by atoms with Crippen molar-refractivity contribution in [1.29, 1.82) is 0 Å². The Morgan fingerprint density at radius 2 is 2.15 bits per heavy atom. The number of primary amides is 1. The number of rotatable bonds is 3. The second kappa shape index (κ2) is 5.44. The van der Waals surface area contributed by atoms with E-state index < -0.39 is 17.3 Å². The largest absolute Gasteiger partial charge is 0.481 e. The molecule has 20 heavy (non-hydrogen) atoms. The molecule has 1 unspecified atom stereocenters. The number of anilines is 1. The number of benzene rings is 1. The van der Waals surface area contributed by atoms with Gasteiger partial charge in [-0.1, -0.05) is 6.07 Å². The maximum atomic E-state index is 11.6. The van der Waals surface area contributed by atoms with Crippen LogP contribution in [0.15, 0.2) is 22.7 Å². The molecule has 1 fully saturated rings. The molecule has 1 atom stereocenters. The summed E-state index contributed by atoms with van der Waals surface area (Å²) in [6, 6.07) is 5.38. The molecule has 1 aliphatic rings. The van der Waals surface area contributed by atoms with E-state index in [9.17, 15) is 14.7 Å². The van der Waals surface area contributed by atoms with Crippen molar-refractivity contribution in [3.05, 3.63) is 28.2 Å². The lowest BCUT2D eigenvalue weighted by atomic mass is 9.81. The van der Waals surface area contributed by atoms with Crippen molar-refractivity contribution in [3.63, 3.8) is 0 Å². The minimum Gasteiger partial charge on any atom is -0.481 e. The Labute approximate surface area is 125 Å². The van der Waals surface area contributed by atoms with Crippen molar-refractivity contribution in [1.82, 2.24) is 0 Å². The van der Waals surface area contributed by atoms with Gasteiger partial charge < -0.3 is 15.7 Å². The molecule has 1 saturated heterocycles. The van der Waals surface area contributed by atoms with Crippen molar-refractivity contribution >= 4 is 33.5 Å². The molecule has 2 rings (SSSR count). The Kier molecular flexibility index (Phi) is 4.04. The van der Waals surface area contributed by atoms with Crippen LogP contribution >= 0.6 is 15.9 Å². The zero-order valence-electron chi connectivity index (χ0n) is 11.2. The molecule has 1 aromatic rings. The molecule has 0 saturated carbocycles. The van der Waals surface area contributed by atoms with Crippen LogP contribution in [0, 0.1) is 5.41 Å². The number of carbonyl (C=O) groups excluding carboxylic acids is 1. The first kappa shape index (κ1) is 14.8. The number of carboxylic acid groups (broad SMARTS) is 1. The zero-order chi connectivity index (χ0) is 14.9. The molecule has 1 heterocycles. The first-order valence-electron chi connectivity index (χ1n) is 6.42. The van der Waals surface area contributed by atoms with Gasteiger partial charge in [-0.2, -0.15) is 0 Å².